The minimum atomic E-state index is -4.08. The monoisotopic (exact) mass is 306 g/mol. The second-order valence-electron chi connectivity index (χ2n) is 5.77. The molecule has 0 aromatic rings. The Bertz CT molecular complexity index is 410. The normalized spacial score (nSPS) is 25.9. The molecule has 1 heterocycles. The molecule has 21 heavy (non-hydrogen) atoms. The van der Waals surface area contributed by atoms with Crippen molar-refractivity contribution in [3.05, 3.63) is 23.8 Å². The van der Waals surface area contributed by atoms with Crippen LogP contribution in [0.25, 0.3) is 0 Å². The molecule has 0 bridgehead atoms. The van der Waals surface area contributed by atoms with Gasteiger partial charge in [-0.25, -0.2) is 0 Å². The summed E-state index contributed by atoms with van der Waals surface area (Å²) in [5.41, 5.74) is 0.271. The Labute approximate surface area is 123 Å². The van der Waals surface area contributed by atoms with Crippen LogP contribution >= 0.6 is 0 Å². The van der Waals surface area contributed by atoms with Crippen LogP contribution in [0.4, 0.5) is 17.6 Å². The maximum absolute atomic E-state index is 13.3. The van der Waals surface area contributed by atoms with Crippen LogP contribution in [-0.4, -0.2) is 60.9 Å². The van der Waals surface area contributed by atoms with E-state index in [2.05, 4.69) is 11.8 Å². The summed E-state index contributed by atoms with van der Waals surface area (Å²) >= 11 is 0. The molecule has 2 rings (SSSR count). The Kier molecular flexibility index (Phi) is 5.09. The third-order valence-electron chi connectivity index (χ3n) is 4.02. The Morgan fingerprint density at radius 2 is 1.62 bits per heavy atom. The van der Waals surface area contributed by atoms with Gasteiger partial charge in [0.05, 0.1) is 0 Å². The predicted octanol–water partition coefficient (Wildman–Crippen LogP) is 3.17. The maximum Gasteiger partial charge on any atom is 0.332 e. The SMILES string of the molecule is CCCCN1CCN(CC2=CC(F)(F)C(F)(F)C=C2)CC1. The molecule has 120 valence electrons. The number of allylic oxidation sites excluding steroid dienone is 2. The minimum Gasteiger partial charge on any atom is -0.301 e. The summed E-state index contributed by atoms with van der Waals surface area (Å²) in [6.45, 7) is 6.91. The average molecular weight is 306 g/mol. The molecule has 2 aliphatic rings. The molecule has 0 unspecified atom stereocenters. The number of hydrogen-bond donors (Lipinski definition) is 0. The molecule has 0 atom stereocenters. The van der Waals surface area contributed by atoms with E-state index in [9.17, 15) is 17.6 Å². The van der Waals surface area contributed by atoms with Crippen LogP contribution in [0.2, 0.25) is 0 Å². The van der Waals surface area contributed by atoms with Gasteiger partial charge in [0.1, 0.15) is 0 Å². The number of rotatable bonds is 5. The Morgan fingerprint density at radius 3 is 2.19 bits per heavy atom. The van der Waals surface area contributed by atoms with Crippen LogP contribution in [0.1, 0.15) is 19.8 Å². The predicted molar refractivity (Wildman–Crippen MR) is 74.9 cm³/mol. The first-order valence-corrected chi connectivity index (χ1v) is 7.45. The number of halogens is 4. The first-order valence-electron chi connectivity index (χ1n) is 7.45. The van der Waals surface area contributed by atoms with Crippen molar-refractivity contribution in [2.75, 3.05) is 39.3 Å². The molecular formula is C15H22F4N2. The van der Waals surface area contributed by atoms with E-state index in [1.165, 1.54) is 0 Å². The van der Waals surface area contributed by atoms with Crippen molar-refractivity contribution in [3.63, 3.8) is 0 Å². The van der Waals surface area contributed by atoms with Gasteiger partial charge in [0.25, 0.3) is 0 Å². The fourth-order valence-electron chi connectivity index (χ4n) is 2.61. The number of alkyl halides is 4. The van der Waals surface area contributed by atoms with E-state index in [4.69, 9.17) is 0 Å². The molecule has 0 radical (unpaired) electrons. The molecule has 0 N–H and O–H groups in total. The molecule has 2 nitrogen and oxygen atoms in total. The van der Waals surface area contributed by atoms with Crippen LogP contribution in [0.3, 0.4) is 0 Å². The van der Waals surface area contributed by atoms with E-state index in [-0.39, 0.29) is 5.57 Å². The van der Waals surface area contributed by atoms with Crippen molar-refractivity contribution >= 4 is 0 Å². The van der Waals surface area contributed by atoms with Crippen LogP contribution in [0.5, 0.6) is 0 Å². The van der Waals surface area contributed by atoms with Gasteiger partial charge in [-0.3, -0.25) is 4.90 Å². The van der Waals surface area contributed by atoms with E-state index < -0.39 is 11.8 Å². The number of piperazine rings is 1. The van der Waals surface area contributed by atoms with Crippen LogP contribution in [-0.2, 0) is 0 Å². The summed E-state index contributed by atoms with van der Waals surface area (Å²) in [7, 11) is 0. The van der Waals surface area contributed by atoms with E-state index in [0.717, 1.165) is 51.6 Å². The average Bonchev–Trinajstić information content (AvgIpc) is 2.42. The molecule has 1 aliphatic carbocycles. The Morgan fingerprint density at radius 1 is 1.00 bits per heavy atom. The molecular weight excluding hydrogens is 284 g/mol. The van der Waals surface area contributed by atoms with Gasteiger partial charge in [-0.2, -0.15) is 17.6 Å². The quantitative estimate of drug-likeness (QED) is 0.720. The van der Waals surface area contributed by atoms with Crippen molar-refractivity contribution in [3.8, 4) is 0 Å². The highest BCUT2D eigenvalue weighted by Gasteiger charge is 2.54. The first kappa shape index (κ1) is 16.5. The molecule has 0 saturated carbocycles. The zero-order valence-corrected chi connectivity index (χ0v) is 12.3. The molecule has 0 aromatic heterocycles. The highest BCUT2D eigenvalue weighted by atomic mass is 19.3. The number of hydrogen-bond acceptors (Lipinski definition) is 2. The van der Waals surface area contributed by atoms with Gasteiger partial charge in [-0.05, 0) is 30.7 Å². The lowest BCUT2D eigenvalue weighted by Crippen LogP contribution is -2.47. The largest absolute Gasteiger partial charge is 0.332 e. The third kappa shape index (κ3) is 4.07. The van der Waals surface area contributed by atoms with Crippen LogP contribution < -0.4 is 0 Å². The maximum atomic E-state index is 13.3. The van der Waals surface area contributed by atoms with Gasteiger partial charge in [0.15, 0.2) is 0 Å². The smallest absolute Gasteiger partial charge is 0.301 e. The van der Waals surface area contributed by atoms with E-state index in [1.54, 1.807) is 0 Å². The second kappa shape index (κ2) is 6.48. The highest BCUT2D eigenvalue weighted by molar-refractivity contribution is 5.33. The van der Waals surface area contributed by atoms with Crippen molar-refractivity contribution < 1.29 is 17.6 Å². The van der Waals surface area contributed by atoms with Gasteiger partial charge in [0.2, 0.25) is 0 Å². The molecule has 0 aromatic carbocycles. The summed E-state index contributed by atoms with van der Waals surface area (Å²) in [4.78, 5) is 4.39. The topological polar surface area (TPSA) is 6.48 Å². The third-order valence-corrected chi connectivity index (χ3v) is 4.02. The van der Waals surface area contributed by atoms with Crippen molar-refractivity contribution in [2.45, 2.75) is 31.6 Å². The lowest BCUT2D eigenvalue weighted by atomic mass is 10.00. The van der Waals surface area contributed by atoms with Gasteiger partial charge in [-0.1, -0.05) is 19.4 Å². The fourth-order valence-corrected chi connectivity index (χ4v) is 2.61. The number of unbranched alkanes of at least 4 members (excludes halogenated alkanes) is 1. The van der Waals surface area contributed by atoms with Gasteiger partial charge < -0.3 is 4.90 Å². The fraction of sp³-hybridized carbons (Fsp3) is 0.733. The van der Waals surface area contributed by atoms with E-state index in [0.29, 0.717) is 18.7 Å². The van der Waals surface area contributed by atoms with Crippen molar-refractivity contribution in [2.24, 2.45) is 0 Å². The van der Waals surface area contributed by atoms with E-state index in [1.807, 2.05) is 4.90 Å². The first-order chi connectivity index (χ1) is 9.84. The summed E-state index contributed by atoms with van der Waals surface area (Å²) in [6, 6.07) is 0. The zero-order chi connectivity index (χ0) is 15.5. The highest BCUT2D eigenvalue weighted by Crippen LogP contribution is 2.40. The molecule has 1 fully saturated rings. The Hall–Kier alpha value is -0.880. The second-order valence-corrected chi connectivity index (χ2v) is 5.77. The van der Waals surface area contributed by atoms with Crippen LogP contribution in [0, 0.1) is 0 Å². The Balaban J connectivity index is 1.85. The number of nitrogens with zero attached hydrogens (tertiary/aromatic N) is 2. The van der Waals surface area contributed by atoms with Crippen molar-refractivity contribution in [1.82, 2.24) is 9.80 Å². The van der Waals surface area contributed by atoms with Gasteiger partial charge in [-0.15, -0.1) is 0 Å². The molecule has 0 spiro atoms. The molecule has 6 heteroatoms. The lowest BCUT2D eigenvalue weighted by Gasteiger charge is -2.35. The summed E-state index contributed by atoms with van der Waals surface area (Å²) in [6.07, 6.45) is 4.17. The van der Waals surface area contributed by atoms with Crippen LogP contribution in [0.15, 0.2) is 23.8 Å². The van der Waals surface area contributed by atoms with E-state index >= 15 is 0 Å². The summed E-state index contributed by atoms with van der Waals surface area (Å²) in [5.74, 6) is -8.16. The molecule has 1 aliphatic heterocycles. The minimum absolute atomic E-state index is 0.271. The van der Waals surface area contributed by atoms with Gasteiger partial charge in [0, 0.05) is 32.7 Å². The standard InChI is InChI=1S/C15H22F4N2/c1-2-3-6-20-7-9-21(10-8-20)12-13-4-5-14(16,17)15(18,19)11-13/h4-5,11H,2-3,6-10,12H2,1H3. The molecule has 0 amide bonds. The van der Waals surface area contributed by atoms with Gasteiger partial charge >= 0.3 is 11.8 Å². The summed E-state index contributed by atoms with van der Waals surface area (Å²) in [5, 5.41) is 0. The lowest BCUT2D eigenvalue weighted by molar-refractivity contribution is -0.148. The summed E-state index contributed by atoms with van der Waals surface area (Å²) < 4.78 is 52.6. The zero-order valence-electron chi connectivity index (χ0n) is 12.3. The molecule has 1 saturated heterocycles. The van der Waals surface area contributed by atoms with Crippen molar-refractivity contribution in [1.29, 1.82) is 0 Å².